The minimum atomic E-state index is -0.446. The van der Waals surface area contributed by atoms with E-state index in [1.165, 1.54) is 0 Å². The van der Waals surface area contributed by atoms with Crippen molar-refractivity contribution in [3.8, 4) is 0 Å². The zero-order valence-electron chi connectivity index (χ0n) is 18.0. The van der Waals surface area contributed by atoms with Crippen LogP contribution in [0.3, 0.4) is 0 Å². The lowest BCUT2D eigenvalue weighted by atomic mass is 9.73. The summed E-state index contributed by atoms with van der Waals surface area (Å²) >= 11 is 0. The number of carbonyl (C=O) groups excluding carboxylic acids is 2. The molecule has 6 nitrogen and oxygen atoms in total. The first kappa shape index (κ1) is 22.8. The van der Waals surface area contributed by atoms with E-state index in [4.69, 9.17) is 9.47 Å². The standard InChI is InChI=1S/C23H34N2O4/c1-6-12-23(5,25-20(26)28-16-17-10-8-7-9-11-17)15-18-13-19(14-18)29-21(27)24-22(2,3)4/h6-11,18-19H,1,12-16H2,2-5H3,(H,24,27)(H,25,26)/t18?,19?,23-/m0/s1. The maximum Gasteiger partial charge on any atom is 0.407 e. The molecule has 1 aliphatic carbocycles. The van der Waals surface area contributed by atoms with Gasteiger partial charge in [0.2, 0.25) is 0 Å². The predicted octanol–water partition coefficient (Wildman–Crippen LogP) is 4.94. The summed E-state index contributed by atoms with van der Waals surface area (Å²) in [5.41, 5.74) is 0.187. The largest absolute Gasteiger partial charge is 0.446 e. The molecule has 1 aromatic carbocycles. The van der Waals surface area contributed by atoms with Gasteiger partial charge in [-0.3, -0.25) is 0 Å². The lowest BCUT2D eigenvalue weighted by Crippen LogP contribution is -2.50. The minimum absolute atomic E-state index is 0.0691. The zero-order valence-corrected chi connectivity index (χ0v) is 18.0. The molecule has 2 amide bonds. The molecule has 0 spiro atoms. The number of alkyl carbamates (subject to hydrolysis) is 2. The summed E-state index contributed by atoms with van der Waals surface area (Å²) in [6.07, 6.45) is 3.93. The van der Waals surface area contributed by atoms with Crippen LogP contribution in [0.25, 0.3) is 0 Å². The second-order valence-electron chi connectivity index (χ2n) is 9.18. The van der Waals surface area contributed by atoms with E-state index in [2.05, 4.69) is 17.2 Å². The van der Waals surface area contributed by atoms with E-state index >= 15 is 0 Å². The highest BCUT2D eigenvalue weighted by Crippen LogP contribution is 2.37. The number of ether oxygens (including phenoxy) is 2. The van der Waals surface area contributed by atoms with Gasteiger partial charge in [-0.2, -0.15) is 0 Å². The first-order chi connectivity index (χ1) is 13.6. The highest BCUT2D eigenvalue weighted by Gasteiger charge is 2.38. The first-order valence-electron chi connectivity index (χ1n) is 10.2. The molecule has 1 aliphatic rings. The summed E-state index contributed by atoms with van der Waals surface area (Å²) in [7, 11) is 0. The van der Waals surface area contributed by atoms with E-state index in [0.717, 1.165) is 24.8 Å². The number of benzene rings is 1. The smallest absolute Gasteiger partial charge is 0.407 e. The average Bonchev–Trinajstić information content (AvgIpc) is 2.57. The minimum Gasteiger partial charge on any atom is -0.446 e. The monoisotopic (exact) mass is 402 g/mol. The first-order valence-corrected chi connectivity index (χ1v) is 10.2. The molecule has 0 aliphatic heterocycles. The summed E-state index contributed by atoms with van der Waals surface area (Å²) in [4.78, 5) is 24.2. The topological polar surface area (TPSA) is 76.7 Å². The third-order valence-electron chi connectivity index (χ3n) is 4.89. The summed E-state index contributed by atoms with van der Waals surface area (Å²) in [5, 5.41) is 5.81. The van der Waals surface area contributed by atoms with Crippen LogP contribution in [0, 0.1) is 5.92 Å². The Morgan fingerprint density at radius 3 is 2.34 bits per heavy atom. The van der Waals surface area contributed by atoms with E-state index in [1.807, 2.05) is 58.0 Å². The fourth-order valence-electron chi connectivity index (χ4n) is 3.57. The number of nitrogens with one attached hydrogen (secondary N) is 2. The van der Waals surface area contributed by atoms with Gasteiger partial charge in [0.05, 0.1) is 0 Å². The predicted molar refractivity (Wildman–Crippen MR) is 113 cm³/mol. The van der Waals surface area contributed by atoms with Gasteiger partial charge in [-0.05, 0) is 64.9 Å². The van der Waals surface area contributed by atoms with Crippen LogP contribution in [0.5, 0.6) is 0 Å². The van der Waals surface area contributed by atoms with Crippen molar-refractivity contribution in [1.29, 1.82) is 0 Å². The summed E-state index contributed by atoms with van der Waals surface area (Å²) < 4.78 is 10.8. The molecular weight excluding hydrogens is 368 g/mol. The van der Waals surface area contributed by atoms with Crippen molar-refractivity contribution in [2.24, 2.45) is 5.92 Å². The number of hydrogen-bond donors (Lipinski definition) is 2. The maximum atomic E-state index is 12.3. The van der Waals surface area contributed by atoms with Gasteiger partial charge in [-0.15, -0.1) is 6.58 Å². The van der Waals surface area contributed by atoms with E-state index in [9.17, 15) is 9.59 Å². The van der Waals surface area contributed by atoms with Crippen LogP contribution in [0.15, 0.2) is 43.0 Å². The lowest BCUT2D eigenvalue weighted by molar-refractivity contribution is 0.00348. The van der Waals surface area contributed by atoms with Gasteiger partial charge in [-0.25, -0.2) is 9.59 Å². The van der Waals surface area contributed by atoms with Gasteiger partial charge >= 0.3 is 12.2 Å². The van der Waals surface area contributed by atoms with Gasteiger partial charge in [0, 0.05) is 11.1 Å². The Morgan fingerprint density at radius 1 is 1.10 bits per heavy atom. The number of hydrogen-bond acceptors (Lipinski definition) is 4. The Labute approximate surface area is 174 Å². The Bertz CT molecular complexity index is 693. The lowest BCUT2D eigenvalue weighted by Gasteiger charge is -2.41. The van der Waals surface area contributed by atoms with Crippen molar-refractivity contribution in [2.45, 2.75) is 77.2 Å². The van der Waals surface area contributed by atoms with Crippen LogP contribution in [-0.2, 0) is 16.1 Å². The quantitative estimate of drug-likeness (QED) is 0.604. The summed E-state index contributed by atoms with van der Waals surface area (Å²) in [6.45, 7) is 11.8. The molecule has 6 heteroatoms. The molecule has 1 aromatic rings. The molecule has 0 heterocycles. The summed E-state index contributed by atoms with van der Waals surface area (Å²) in [6, 6.07) is 9.58. The van der Waals surface area contributed by atoms with Crippen molar-refractivity contribution < 1.29 is 19.1 Å². The van der Waals surface area contributed by atoms with Gasteiger partial charge < -0.3 is 20.1 Å². The molecule has 0 aromatic heterocycles. The van der Waals surface area contributed by atoms with Crippen molar-refractivity contribution in [2.75, 3.05) is 0 Å². The molecule has 1 saturated carbocycles. The van der Waals surface area contributed by atoms with Crippen molar-refractivity contribution >= 4 is 12.2 Å². The highest BCUT2D eigenvalue weighted by atomic mass is 16.6. The van der Waals surface area contributed by atoms with Gasteiger partial charge in [-0.1, -0.05) is 36.4 Å². The molecule has 0 bridgehead atoms. The number of rotatable bonds is 8. The van der Waals surface area contributed by atoms with E-state index < -0.39 is 11.6 Å². The molecule has 1 atom stereocenters. The molecule has 0 radical (unpaired) electrons. The van der Waals surface area contributed by atoms with Crippen molar-refractivity contribution in [3.05, 3.63) is 48.6 Å². The fourth-order valence-corrected chi connectivity index (χ4v) is 3.57. The van der Waals surface area contributed by atoms with Crippen molar-refractivity contribution in [3.63, 3.8) is 0 Å². The number of amides is 2. The van der Waals surface area contributed by atoms with Crippen LogP contribution in [-0.4, -0.2) is 29.4 Å². The van der Waals surface area contributed by atoms with Crippen molar-refractivity contribution in [1.82, 2.24) is 10.6 Å². The fraction of sp³-hybridized carbons (Fsp3) is 0.565. The van der Waals surface area contributed by atoms with Gasteiger partial charge in [0.1, 0.15) is 12.7 Å². The average molecular weight is 403 g/mol. The highest BCUT2D eigenvalue weighted by molar-refractivity contribution is 5.68. The Balaban J connectivity index is 1.77. The van der Waals surface area contributed by atoms with Crippen LogP contribution < -0.4 is 10.6 Å². The molecule has 2 N–H and O–H groups in total. The Hall–Kier alpha value is -2.50. The van der Waals surface area contributed by atoms with Crippen LogP contribution in [0.1, 0.15) is 58.9 Å². The normalized spacial score (nSPS) is 20.6. The van der Waals surface area contributed by atoms with E-state index in [1.54, 1.807) is 6.08 Å². The third kappa shape index (κ3) is 8.18. The number of carbonyl (C=O) groups is 2. The van der Waals surface area contributed by atoms with Crippen LogP contribution in [0.4, 0.5) is 9.59 Å². The molecule has 2 rings (SSSR count). The molecule has 0 saturated heterocycles. The third-order valence-corrected chi connectivity index (χ3v) is 4.89. The molecule has 29 heavy (non-hydrogen) atoms. The van der Waals surface area contributed by atoms with E-state index in [0.29, 0.717) is 12.3 Å². The Kier molecular flexibility index (Phi) is 7.71. The second-order valence-corrected chi connectivity index (χ2v) is 9.18. The van der Waals surface area contributed by atoms with Gasteiger partial charge in [0.25, 0.3) is 0 Å². The van der Waals surface area contributed by atoms with Crippen LogP contribution in [0.2, 0.25) is 0 Å². The molecule has 1 fully saturated rings. The van der Waals surface area contributed by atoms with Gasteiger partial charge in [0.15, 0.2) is 0 Å². The SMILES string of the molecule is C=CC[C@@](C)(CC1CC(OC(=O)NC(C)(C)C)C1)NC(=O)OCc1ccccc1. The maximum absolute atomic E-state index is 12.3. The van der Waals surface area contributed by atoms with E-state index in [-0.39, 0.29) is 24.3 Å². The zero-order chi connectivity index (χ0) is 21.5. The molecule has 160 valence electrons. The second kappa shape index (κ2) is 9.81. The molecule has 0 unspecified atom stereocenters. The molecular formula is C23H34N2O4. The Morgan fingerprint density at radius 2 is 1.76 bits per heavy atom. The van der Waals surface area contributed by atoms with Crippen LogP contribution >= 0.6 is 0 Å². The summed E-state index contributed by atoms with van der Waals surface area (Å²) in [5.74, 6) is 0.377.